The fraction of sp³-hybridized carbons (Fsp3) is 0.0526. The van der Waals surface area contributed by atoms with E-state index >= 15 is 0 Å². The van der Waals surface area contributed by atoms with Crippen molar-refractivity contribution in [3.63, 3.8) is 0 Å². The molecule has 0 bridgehead atoms. The van der Waals surface area contributed by atoms with Gasteiger partial charge in [0.05, 0.1) is 26.2 Å². The van der Waals surface area contributed by atoms with Crippen molar-refractivity contribution in [2.75, 3.05) is 5.32 Å². The summed E-state index contributed by atoms with van der Waals surface area (Å²) in [6, 6.07) is 11.8. The molecule has 0 amide bonds. The van der Waals surface area contributed by atoms with Crippen molar-refractivity contribution < 1.29 is 10.2 Å². The number of rotatable bonds is 4. The van der Waals surface area contributed by atoms with E-state index < -0.39 is 0 Å². The van der Waals surface area contributed by atoms with E-state index in [1.54, 1.807) is 54.8 Å². The van der Waals surface area contributed by atoms with E-state index in [2.05, 4.69) is 15.8 Å². The number of halogens is 2. The molecular weight excluding hydrogens is 437 g/mol. The summed E-state index contributed by atoms with van der Waals surface area (Å²) < 4.78 is 0. The highest BCUT2D eigenvalue weighted by Crippen LogP contribution is 2.40. The summed E-state index contributed by atoms with van der Waals surface area (Å²) in [5.41, 5.74) is 5.26. The highest BCUT2D eigenvalue weighted by Gasteiger charge is 2.15. The van der Waals surface area contributed by atoms with Crippen LogP contribution in [0.4, 0.5) is 5.69 Å². The molecule has 0 aliphatic rings. The lowest BCUT2D eigenvalue weighted by Crippen LogP contribution is -2.24. The number of hydrogen-bond donors (Lipinski definition) is 4. The van der Waals surface area contributed by atoms with Crippen molar-refractivity contribution in [3.8, 4) is 21.9 Å². The molecule has 0 aliphatic carbocycles. The molecule has 0 fully saturated rings. The number of thiophene rings is 1. The van der Waals surface area contributed by atoms with Crippen LogP contribution in [0.1, 0.15) is 12.5 Å². The van der Waals surface area contributed by atoms with Crippen LogP contribution in [-0.4, -0.2) is 21.0 Å². The number of nitrogens with one attached hydrogen (secondary N) is 2. The predicted molar refractivity (Wildman–Crippen MR) is 121 cm³/mol. The number of nitrogens with zero attached hydrogens (tertiary/aromatic N) is 1. The van der Waals surface area contributed by atoms with E-state index in [-0.39, 0.29) is 16.6 Å². The minimum Gasteiger partial charge on any atom is -0.508 e. The van der Waals surface area contributed by atoms with E-state index in [0.717, 1.165) is 5.56 Å². The van der Waals surface area contributed by atoms with Crippen molar-refractivity contribution >= 4 is 63.3 Å². The Bertz CT molecular complexity index is 1070. The molecule has 1 aromatic heterocycles. The number of anilines is 1. The van der Waals surface area contributed by atoms with Crippen LogP contribution in [-0.2, 0) is 0 Å². The maximum Gasteiger partial charge on any atom is 0.191 e. The number of hydrazone groups is 1. The molecule has 28 heavy (non-hydrogen) atoms. The highest BCUT2D eigenvalue weighted by molar-refractivity contribution is 7.80. The molecule has 0 atom stereocenters. The molecule has 0 spiro atoms. The van der Waals surface area contributed by atoms with Crippen molar-refractivity contribution in [1.82, 2.24) is 5.43 Å². The standard InChI is InChI=1S/C19H15Cl2N3O2S2/c1-10(23-24-19(27)22-12-3-2-4-13(25)8-12)14-9-28-18(17(14)26)11-5-6-15(20)16(21)7-11/h2-9,25-26H,1H3,(H2,22,24,27)/b23-10+. The Morgan fingerprint density at radius 3 is 2.61 bits per heavy atom. The lowest BCUT2D eigenvalue weighted by molar-refractivity contribution is 0.475. The maximum atomic E-state index is 10.6. The van der Waals surface area contributed by atoms with Crippen LogP contribution in [0.15, 0.2) is 52.9 Å². The fourth-order valence-corrected chi connectivity index (χ4v) is 3.85. The third-order valence-corrected chi connectivity index (χ3v) is 5.72. The second kappa shape index (κ2) is 8.79. The number of phenolic OH excluding ortho intramolecular Hbond substituents is 1. The van der Waals surface area contributed by atoms with Crippen LogP contribution in [0.5, 0.6) is 11.5 Å². The fourth-order valence-electron chi connectivity index (χ4n) is 2.39. The Labute approximate surface area is 181 Å². The first kappa shape index (κ1) is 20.4. The van der Waals surface area contributed by atoms with Gasteiger partial charge in [0, 0.05) is 17.1 Å². The molecule has 9 heteroatoms. The van der Waals surface area contributed by atoms with Crippen LogP contribution in [0.3, 0.4) is 0 Å². The topological polar surface area (TPSA) is 76.9 Å². The van der Waals surface area contributed by atoms with E-state index in [9.17, 15) is 10.2 Å². The molecule has 0 saturated carbocycles. The minimum atomic E-state index is 0.110. The second-order valence-electron chi connectivity index (χ2n) is 5.77. The van der Waals surface area contributed by atoms with Crippen molar-refractivity contribution in [2.45, 2.75) is 6.92 Å². The third kappa shape index (κ3) is 4.74. The summed E-state index contributed by atoms with van der Waals surface area (Å²) in [5, 5.41) is 30.1. The van der Waals surface area contributed by atoms with E-state index in [0.29, 0.717) is 31.9 Å². The van der Waals surface area contributed by atoms with Gasteiger partial charge in [0.25, 0.3) is 0 Å². The first-order valence-corrected chi connectivity index (χ1v) is 10.1. The van der Waals surface area contributed by atoms with Gasteiger partial charge in [-0.3, -0.25) is 5.43 Å². The van der Waals surface area contributed by atoms with Gasteiger partial charge in [-0.2, -0.15) is 5.10 Å². The monoisotopic (exact) mass is 451 g/mol. The number of benzene rings is 2. The Hall–Kier alpha value is -2.32. The van der Waals surface area contributed by atoms with Crippen LogP contribution in [0.25, 0.3) is 10.4 Å². The smallest absolute Gasteiger partial charge is 0.191 e. The molecule has 3 rings (SSSR count). The highest BCUT2D eigenvalue weighted by atomic mass is 35.5. The van der Waals surface area contributed by atoms with Gasteiger partial charge in [0.1, 0.15) is 11.5 Å². The van der Waals surface area contributed by atoms with Gasteiger partial charge in [-0.15, -0.1) is 11.3 Å². The summed E-state index contributed by atoms with van der Waals surface area (Å²) in [6.07, 6.45) is 0. The van der Waals surface area contributed by atoms with Crippen LogP contribution < -0.4 is 10.7 Å². The van der Waals surface area contributed by atoms with E-state index in [1.165, 1.54) is 11.3 Å². The van der Waals surface area contributed by atoms with Gasteiger partial charge < -0.3 is 15.5 Å². The Balaban J connectivity index is 1.73. The molecule has 1 heterocycles. The maximum absolute atomic E-state index is 10.6. The summed E-state index contributed by atoms with van der Waals surface area (Å²) in [4.78, 5) is 0.670. The van der Waals surface area contributed by atoms with Crippen molar-refractivity contribution in [3.05, 3.63) is 63.5 Å². The molecule has 5 nitrogen and oxygen atoms in total. The largest absolute Gasteiger partial charge is 0.508 e. The average Bonchev–Trinajstić information content (AvgIpc) is 3.03. The zero-order valence-corrected chi connectivity index (χ0v) is 17.7. The third-order valence-electron chi connectivity index (χ3n) is 3.77. The van der Waals surface area contributed by atoms with Gasteiger partial charge in [-0.1, -0.05) is 35.3 Å². The predicted octanol–water partition coefficient (Wildman–Crippen LogP) is 5.84. The molecule has 0 aliphatic heterocycles. The van der Waals surface area contributed by atoms with Crippen LogP contribution in [0, 0.1) is 0 Å². The van der Waals surface area contributed by atoms with E-state index in [1.807, 2.05) is 0 Å². The second-order valence-corrected chi connectivity index (χ2v) is 7.87. The number of thiocarbonyl (C=S) groups is 1. The van der Waals surface area contributed by atoms with Crippen molar-refractivity contribution in [2.24, 2.45) is 5.10 Å². The Morgan fingerprint density at radius 2 is 1.89 bits per heavy atom. The summed E-state index contributed by atoms with van der Waals surface area (Å²) in [6.45, 7) is 1.75. The SMILES string of the molecule is C/C(=N\NC(=S)Nc1cccc(O)c1)c1csc(-c2ccc(Cl)c(Cl)c2)c1O. The molecule has 2 aromatic carbocycles. The molecule has 0 saturated heterocycles. The first-order valence-electron chi connectivity index (χ1n) is 8.01. The Kier molecular flexibility index (Phi) is 6.41. The first-order chi connectivity index (χ1) is 13.3. The Morgan fingerprint density at radius 1 is 1.11 bits per heavy atom. The quantitative estimate of drug-likeness (QED) is 0.227. The molecule has 0 radical (unpaired) electrons. The number of hydrogen-bond acceptors (Lipinski definition) is 5. The molecule has 3 aromatic rings. The summed E-state index contributed by atoms with van der Waals surface area (Å²) in [5.74, 6) is 0.240. The van der Waals surface area contributed by atoms with E-state index in [4.69, 9.17) is 35.4 Å². The van der Waals surface area contributed by atoms with Crippen molar-refractivity contribution in [1.29, 1.82) is 0 Å². The van der Waals surface area contributed by atoms with Gasteiger partial charge in [0.15, 0.2) is 5.11 Å². The van der Waals surface area contributed by atoms with Gasteiger partial charge in [0.2, 0.25) is 0 Å². The number of phenols is 1. The molecule has 0 unspecified atom stereocenters. The van der Waals surface area contributed by atoms with Gasteiger partial charge >= 0.3 is 0 Å². The van der Waals surface area contributed by atoms with Crippen LogP contribution in [0.2, 0.25) is 10.0 Å². The van der Waals surface area contributed by atoms with Gasteiger partial charge in [-0.25, -0.2) is 0 Å². The van der Waals surface area contributed by atoms with Crippen LogP contribution >= 0.6 is 46.8 Å². The lowest BCUT2D eigenvalue weighted by Gasteiger charge is -2.08. The minimum absolute atomic E-state index is 0.110. The zero-order valence-electron chi connectivity index (χ0n) is 14.5. The number of aromatic hydroxyl groups is 2. The molecule has 4 N–H and O–H groups in total. The zero-order chi connectivity index (χ0) is 20.3. The summed E-state index contributed by atoms with van der Waals surface area (Å²) in [7, 11) is 0. The lowest BCUT2D eigenvalue weighted by atomic mass is 10.1. The molecular formula is C19H15Cl2N3O2S2. The summed E-state index contributed by atoms with van der Waals surface area (Å²) >= 11 is 18.6. The molecule has 144 valence electrons. The van der Waals surface area contributed by atoms with Gasteiger partial charge in [-0.05, 0) is 49.0 Å². The average molecular weight is 452 g/mol. The normalized spacial score (nSPS) is 11.3.